The van der Waals surface area contributed by atoms with Gasteiger partial charge in [0.25, 0.3) is 0 Å². The van der Waals surface area contributed by atoms with Crippen molar-refractivity contribution in [3.05, 3.63) is 84.1 Å². The summed E-state index contributed by atoms with van der Waals surface area (Å²) in [5.41, 5.74) is 2.53. The molecule has 0 saturated carbocycles. The molecule has 3 heteroatoms. The lowest BCUT2D eigenvalue weighted by atomic mass is 10.1. The van der Waals surface area contributed by atoms with Crippen molar-refractivity contribution in [1.29, 1.82) is 0 Å². The normalized spacial score (nSPS) is 10.5. The summed E-state index contributed by atoms with van der Waals surface area (Å²) in [5.74, 6) is 0.0645. The molecule has 0 spiro atoms. The van der Waals surface area contributed by atoms with Gasteiger partial charge in [-0.25, -0.2) is 0 Å². The Bertz CT molecular complexity index is 747. The van der Waals surface area contributed by atoms with Crippen molar-refractivity contribution in [2.45, 2.75) is 5.03 Å². The summed E-state index contributed by atoms with van der Waals surface area (Å²) in [6.45, 7) is 0. The maximum atomic E-state index is 12.6. The van der Waals surface area contributed by atoms with Crippen molar-refractivity contribution in [2.24, 2.45) is 0 Å². The number of carbonyl (C=O) groups is 1. The quantitative estimate of drug-likeness (QED) is 0.524. The van der Waals surface area contributed by atoms with E-state index < -0.39 is 0 Å². The number of benzene rings is 2. The van der Waals surface area contributed by atoms with E-state index >= 15 is 0 Å². The van der Waals surface area contributed by atoms with Gasteiger partial charge in [0.05, 0.1) is 10.6 Å². The zero-order valence-electron chi connectivity index (χ0n) is 11.7. The average molecular weight is 293 g/mol. The SMILES string of the molecule is CSc1c(C(=O)c2ccccc2)ccn1-c1ccccc1. The number of para-hydroxylation sites is 1. The molecule has 21 heavy (non-hydrogen) atoms. The highest BCUT2D eigenvalue weighted by Crippen LogP contribution is 2.27. The van der Waals surface area contributed by atoms with E-state index in [1.54, 1.807) is 11.8 Å². The van der Waals surface area contributed by atoms with Gasteiger partial charge in [0.1, 0.15) is 0 Å². The third-order valence-electron chi connectivity index (χ3n) is 3.35. The fourth-order valence-corrected chi connectivity index (χ4v) is 3.08. The molecular formula is C18H15NOS. The first-order valence-corrected chi connectivity index (χ1v) is 7.94. The van der Waals surface area contributed by atoms with Gasteiger partial charge in [-0.1, -0.05) is 48.5 Å². The molecule has 2 aromatic carbocycles. The fourth-order valence-electron chi connectivity index (χ4n) is 2.34. The lowest BCUT2D eigenvalue weighted by molar-refractivity contribution is 0.103. The average Bonchev–Trinajstić information content (AvgIpc) is 2.99. The number of carbonyl (C=O) groups excluding carboxylic acids is 1. The Hall–Kier alpha value is -2.26. The molecule has 0 aliphatic carbocycles. The fraction of sp³-hybridized carbons (Fsp3) is 0.0556. The maximum absolute atomic E-state index is 12.6. The van der Waals surface area contributed by atoms with E-state index in [0.717, 1.165) is 21.8 Å². The van der Waals surface area contributed by atoms with Crippen LogP contribution in [0.3, 0.4) is 0 Å². The molecular weight excluding hydrogens is 278 g/mol. The van der Waals surface area contributed by atoms with Crippen molar-refractivity contribution in [2.75, 3.05) is 6.26 Å². The Labute approximate surface area is 128 Å². The molecule has 0 unspecified atom stereocenters. The van der Waals surface area contributed by atoms with Crippen LogP contribution in [0.25, 0.3) is 5.69 Å². The summed E-state index contributed by atoms with van der Waals surface area (Å²) in [6.07, 6.45) is 3.95. The standard InChI is InChI=1S/C18H15NOS/c1-21-18-16(17(20)14-8-4-2-5-9-14)12-13-19(18)15-10-6-3-7-11-15/h2-13H,1H3. The third-order valence-corrected chi connectivity index (χ3v) is 4.15. The van der Waals surface area contributed by atoms with Crippen molar-refractivity contribution in [1.82, 2.24) is 4.57 Å². The smallest absolute Gasteiger partial charge is 0.195 e. The first kappa shape index (κ1) is 13.7. The van der Waals surface area contributed by atoms with Crippen LogP contribution in [0, 0.1) is 0 Å². The van der Waals surface area contributed by atoms with E-state index in [1.165, 1.54) is 0 Å². The van der Waals surface area contributed by atoms with E-state index in [1.807, 2.05) is 79.2 Å². The van der Waals surface area contributed by atoms with E-state index in [0.29, 0.717) is 0 Å². The lowest BCUT2D eigenvalue weighted by Gasteiger charge is -2.09. The molecule has 1 heterocycles. The predicted molar refractivity (Wildman–Crippen MR) is 87.4 cm³/mol. The second kappa shape index (κ2) is 6.02. The summed E-state index contributed by atoms with van der Waals surface area (Å²) in [5, 5.41) is 0.968. The van der Waals surface area contributed by atoms with Crippen LogP contribution in [-0.2, 0) is 0 Å². The minimum absolute atomic E-state index is 0.0645. The first-order valence-electron chi connectivity index (χ1n) is 6.72. The largest absolute Gasteiger partial charge is 0.311 e. The van der Waals surface area contributed by atoms with Gasteiger partial charge < -0.3 is 4.57 Å². The number of hydrogen-bond acceptors (Lipinski definition) is 2. The highest BCUT2D eigenvalue weighted by molar-refractivity contribution is 7.98. The minimum Gasteiger partial charge on any atom is -0.311 e. The molecule has 0 fully saturated rings. The number of nitrogens with zero attached hydrogens (tertiary/aromatic N) is 1. The molecule has 2 nitrogen and oxygen atoms in total. The van der Waals surface area contributed by atoms with E-state index in [-0.39, 0.29) is 5.78 Å². The van der Waals surface area contributed by atoms with E-state index in [4.69, 9.17) is 0 Å². The van der Waals surface area contributed by atoms with Crippen molar-refractivity contribution in [3.8, 4) is 5.69 Å². The van der Waals surface area contributed by atoms with Crippen molar-refractivity contribution >= 4 is 17.5 Å². The Kier molecular flexibility index (Phi) is 3.93. The molecule has 0 aliphatic rings. The van der Waals surface area contributed by atoms with Crippen LogP contribution < -0.4 is 0 Å². The maximum Gasteiger partial charge on any atom is 0.195 e. The first-order chi connectivity index (χ1) is 10.3. The highest BCUT2D eigenvalue weighted by Gasteiger charge is 2.17. The van der Waals surface area contributed by atoms with Gasteiger partial charge in [0.15, 0.2) is 5.78 Å². The summed E-state index contributed by atoms with van der Waals surface area (Å²) in [6, 6.07) is 21.4. The van der Waals surface area contributed by atoms with E-state index in [2.05, 4.69) is 4.57 Å². The van der Waals surface area contributed by atoms with Gasteiger partial charge in [-0.15, -0.1) is 11.8 Å². The monoisotopic (exact) mass is 293 g/mol. The summed E-state index contributed by atoms with van der Waals surface area (Å²) in [4.78, 5) is 12.6. The van der Waals surface area contributed by atoms with Crippen LogP contribution in [0.4, 0.5) is 0 Å². The Morgan fingerprint density at radius 2 is 1.52 bits per heavy atom. The molecule has 3 aromatic rings. The number of aromatic nitrogens is 1. The lowest BCUT2D eigenvalue weighted by Crippen LogP contribution is -2.03. The predicted octanol–water partition coefficient (Wildman–Crippen LogP) is 4.43. The molecule has 0 N–H and O–H groups in total. The number of rotatable bonds is 4. The van der Waals surface area contributed by atoms with Gasteiger partial charge in [-0.05, 0) is 24.5 Å². The Morgan fingerprint density at radius 1 is 0.905 bits per heavy atom. The second-order valence-electron chi connectivity index (χ2n) is 4.64. The van der Waals surface area contributed by atoms with Gasteiger partial charge in [0, 0.05) is 17.4 Å². The number of hydrogen-bond donors (Lipinski definition) is 0. The minimum atomic E-state index is 0.0645. The topological polar surface area (TPSA) is 22.0 Å². The number of thioether (sulfide) groups is 1. The van der Waals surface area contributed by atoms with Crippen molar-refractivity contribution in [3.63, 3.8) is 0 Å². The molecule has 0 radical (unpaired) electrons. The van der Waals surface area contributed by atoms with Gasteiger partial charge >= 0.3 is 0 Å². The molecule has 1 aromatic heterocycles. The molecule has 0 bridgehead atoms. The third kappa shape index (κ3) is 2.65. The zero-order chi connectivity index (χ0) is 14.7. The summed E-state index contributed by atoms with van der Waals surface area (Å²) in [7, 11) is 0. The Morgan fingerprint density at radius 3 is 2.14 bits per heavy atom. The summed E-state index contributed by atoms with van der Waals surface area (Å²) < 4.78 is 2.06. The van der Waals surface area contributed by atoms with E-state index in [9.17, 15) is 4.79 Å². The van der Waals surface area contributed by atoms with Crippen LogP contribution in [-0.4, -0.2) is 16.6 Å². The van der Waals surface area contributed by atoms with Crippen LogP contribution in [0.5, 0.6) is 0 Å². The molecule has 104 valence electrons. The molecule has 0 atom stereocenters. The zero-order valence-corrected chi connectivity index (χ0v) is 12.5. The molecule has 3 rings (SSSR count). The Balaban J connectivity index is 2.06. The second-order valence-corrected chi connectivity index (χ2v) is 5.43. The van der Waals surface area contributed by atoms with Crippen LogP contribution in [0.15, 0.2) is 78.0 Å². The highest BCUT2D eigenvalue weighted by atomic mass is 32.2. The van der Waals surface area contributed by atoms with Crippen molar-refractivity contribution < 1.29 is 4.79 Å². The van der Waals surface area contributed by atoms with Gasteiger partial charge in [-0.2, -0.15) is 0 Å². The molecule has 0 saturated heterocycles. The van der Waals surface area contributed by atoms with Crippen LogP contribution in [0.1, 0.15) is 15.9 Å². The van der Waals surface area contributed by atoms with Crippen LogP contribution >= 0.6 is 11.8 Å². The molecule has 0 aliphatic heterocycles. The summed E-state index contributed by atoms with van der Waals surface area (Å²) >= 11 is 1.59. The van der Waals surface area contributed by atoms with Gasteiger partial charge in [0.2, 0.25) is 0 Å². The number of ketones is 1. The molecule has 0 amide bonds. The van der Waals surface area contributed by atoms with Crippen LogP contribution in [0.2, 0.25) is 0 Å². The van der Waals surface area contributed by atoms with Gasteiger partial charge in [-0.3, -0.25) is 4.79 Å².